The predicted molar refractivity (Wildman–Crippen MR) is 94.8 cm³/mol. The molecular weight excluding hydrogens is 256 g/mol. The molecule has 0 bridgehead atoms. The molecule has 0 radical (unpaired) electrons. The second kappa shape index (κ2) is 19.4. The van der Waals surface area contributed by atoms with Crippen LogP contribution in [0.4, 0.5) is 0 Å². The van der Waals surface area contributed by atoms with Gasteiger partial charge in [0.25, 0.3) is 0 Å². The molecule has 0 amide bonds. The molecule has 0 spiro atoms. The summed E-state index contributed by atoms with van der Waals surface area (Å²) < 4.78 is 0. The Morgan fingerprint density at radius 2 is 0.952 bits per heavy atom. The Bertz CT molecular complexity index is 220. The van der Waals surface area contributed by atoms with Crippen LogP contribution in [0.25, 0.3) is 0 Å². The molecule has 0 unspecified atom stereocenters. The Morgan fingerprint density at radius 3 is 1.33 bits per heavy atom. The third kappa shape index (κ3) is 19.4. The van der Waals surface area contributed by atoms with Gasteiger partial charge in [-0.05, 0) is 18.9 Å². The van der Waals surface area contributed by atoms with E-state index in [4.69, 9.17) is 0 Å². The molecule has 124 valence electrons. The van der Waals surface area contributed by atoms with Crippen LogP contribution < -0.4 is 0 Å². The van der Waals surface area contributed by atoms with Gasteiger partial charge in [-0.3, -0.25) is 4.79 Å². The molecule has 0 aromatic heterocycles. The Hall–Kier alpha value is -0.590. The highest BCUT2D eigenvalue weighted by atomic mass is 16.1. The van der Waals surface area contributed by atoms with Crippen molar-refractivity contribution in [2.24, 2.45) is 0 Å². The van der Waals surface area contributed by atoms with E-state index in [0.717, 1.165) is 12.7 Å². The number of rotatable bonds is 17. The molecule has 0 fully saturated rings. The van der Waals surface area contributed by atoms with Crippen molar-refractivity contribution >= 4 is 6.29 Å². The van der Waals surface area contributed by atoms with Gasteiger partial charge in [0.2, 0.25) is 0 Å². The minimum atomic E-state index is 0.866. The van der Waals surface area contributed by atoms with Crippen molar-refractivity contribution in [3.8, 4) is 0 Å². The lowest BCUT2D eigenvalue weighted by atomic mass is 10.0. The Kier molecular flexibility index (Phi) is 18.9. The molecule has 0 rings (SSSR count). The molecule has 21 heavy (non-hydrogen) atoms. The lowest BCUT2D eigenvalue weighted by molar-refractivity contribution is -0.104. The van der Waals surface area contributed by atoms with Gasteiger partial charge in [-0.25, -0.2) is 0 Å². The lowest BCUT2D eigenvalue weighted by Gasteiger charge is -2.03. The van der Waals surface area contributed by atoms with Crippen molar-refractivity contribution in [3.63, 3.8) is 0 Å². The molecule has 0 saturated heterocycles. The van der Waals surface area contributed by atoms with Crippen LogP contribution >= 0.6 is 0 Å². The predicted octanol–water partition coefficient (Wildman–Crippen LogP) is 7.00. The first-order chi connectivity index (χ1) is 10.4. The van der Waals surface area contributed by atoms with Gasteiger partial charge in [-0.2, -0.15) is 0 Å². The average Bonchev–Trinajstić information content (AvgIpc) is 2.50. The first-order valence-electron chi connectivity index (χ1n) is 9.52. The second-order valence-corrected chi connectivity index (χ2v) is 6.30. The topological polar surface area (TPSA) is 17.1 Å². The summed E-state index contributed by atoms with van der Waals surface area (Å²) >= 11 is 0. The maximum atomic E-state index is 10.1. The van der Waals surface area contributed by atoms with E-state index in [9.17, 15) is 4.79 Å². The van der Waals surface area contributed by atoms with Crippen LogP contribution in [0.2, 0.25) is 0 Å². The van der Waals surface area contributed by atoms with Crippen LogP contribution in [0.1, 0.15) is 110 Å². The molecule has 0 saturated carbocycles. The van der Waals surface area contributed by atoms with Gasteiger partial charge in [0.15, 0.2) is 0 Å². The van der Waals surface area contributed by atoms with Crippen LogP contribution in [0.5, 0.6) is 0 Å². The zero-order chi connectivity index (χ0) is 15.4. The molecular formula is C20H38O. The van der Waals surface area contributed by atoms with Crippen molar-refractivity contribution in [1.29, 1.82) is 0 Å². The molecule has 0 aliphatic carbocycles. The van der Waals surface area contributed by atoms with E-state index in [0.29, 0.717) is 0 Å². The monoisotopic (exact) mass is 294 g/mol. The van der Waals surface area contributed by atoms with Crippen molar-refractivity contribution < 1.29 is 4.79 Å². The van der Waals surface area contributed by atoms with Crippen molar-refractivity contribution in [2.45, 2.75) is 110 Å². The minimum Gasteiger partial charge on any atom is -0.299 e. The van der Waals surface area contributed by atoms with Crippen LogP contribution in [0, 0.1) is 0 Å². The zero-order valence-corrected chi connectivity index (χ0v) is 14.5. The summed E-state index contributed by atoms with van der Waals surface area (Å²) in [7, 11) is 0. The smallest absolute Gasteiger partial charge is 0.142 e. The summed E-state index contributed by atoms with van der Waals surface area (Å²) in [6, 6.07) is 0. The van der Waals surface area contributed by atoms with Gasteiger partial charge in [0.1, 0.15) is 6.29 Å². The molecule has 0 heterocycles. The summed E-state index contributed by atoms with van der Waals surface area (Å²) in [6.07, 6.45) is 26.6. The van der Waals surface area contributed by atoms with Crippen LogP contribution in [0.3, 0.4) is 0 Å². The van der Waals surface area contributed by atoms with E-state index in [1.807, 2.05) is 6.08 Å². The minimum absolute atomic E-state index is 0.866. The van der Waals surface area contributed by atoms with E-state index < -0.39 is 0 Å². The van der Waals surface area contributed by atoms with E-state index in [1.54, 1.807) is 6.08 Å². The fourth-order valence-electron chi connectivity index (χ4n) is 2.79. The highest BCUT2D eigenvalue weighted by Gasteiger charge is 1.93. The number of carbonyl (C=O) groups excluding carboxylic acids is 1. The average molecular weight is 295 g/mol. The summed E-state index contributed by atoms with van der Waals surface area (Å²) in [5, 5.41) is 0. The maximum absolute atomic E-state index is 10.1. The summed E-state index contributed by atoms with van der Waals surface area (Å²) in [4.78, 5) is 10.1. The molecule has 0 N–H and O–H groups in total. The second-order valence-electron chi connectivity index (χ2n) is 6.30. The number of carbonyl (C=O) groups is 1. The zero-order valence-electron chi connectivity index (χ0n) is 14.5. The van der Waals surface area contributed by atoms with E-state index in [2.05, 4.69) is 6.92 Å². The Morgan fingerprint density at radius 1 is 0.571 bits per heavy atom. The number of unbranched alkanes of at least 4 members (excludes halogenated alkanes) is 15. The van der Waals surface area contributed by atoms with Crippen molar-refractivity contribution in [1.82, 2.24) is 0 Å². The normalized spacial score (nSPS) is 11.3. The number of hydrogen-bond donors (Lipinski definition) is 0. The maximum Gasteiger partial charge on any atom is 0.142 e. The van der Waals surface area contributed by atoms with Gasteiger partial charge >= 0.3 is 0 Å². The molecule has 1 nitrogen and oxygen atoms in total. The fourth-order valence-corrected chi connectivity index (χ4v) is 2.79. The standard InChI is InChI=1S/C20H38O/c1-2-3-4-5-6-7-8-9-10-11-12-13-14-15-16-17-18-19-20-21/h18-20H,2-17H2,1H3/b19-18+. The number of allylic oxidation sites excluding steroid dienone is 2. The van der Waals surface area contributed by atoms with Crippen molar-refractivity contribution in [2.75, 3.05) is 0 Å². The Labute approximate surface area is 133 Å². The SMILES string of the molecule is CCCCCCCCCCCCCCCCC/C=C/C=O. The largest absolute Gasteiger partial charge is 0.299 e. The van der Waals surface area contributed by atoms with E-state index in [-0.39, 0.29) is 0 Å². The fraction of sp³-hybridized carbons (Fsp3) is 0.850. The van der Waals surface area contributed by atoms with Gasteiger partial charge in [0, 0.05) is 0 Å². The van der Waals surface area contributed by atoms with Crippen LogP contribution in [-0.4, -0.2) is 6.29 Å². The van der Waals surface area contributed by atoms with Gasteiger partial charge in [-0.15, -0.1) is 0 Å². The summed E-state index contributed by atoms with van der Waals surface area (Å²) in [5.41, 5.74) is 0. The summed E-state index contributed by atoms with van der Waals surface area (Å²) in [6.45, 7) is 2.28. The van der Waals surface area contributed by atoms with Crippen molar-refractivity contribution in [3.05, 3.63) is 12.2 Å². The number of aldehydes is 1. The Balaban J connectivity index is 2.96. The molecule has 0 atom stereocenters. The molecule has 0 aromatic carbocycles. The first-order valence-corrected chi connectivity index (χ1v) is 9.52. The molecule has 0 aromatic rings. The quantitative estimate of drug-likeness (QED) is 0.160. The van der Waals surface area contributed by atoms with Gasteiger partial charge < -0.3 is 0 Å². The number of hydrogen-bond acceptors (Lipinski definition) is 1. The third-order valence-electron chi connectivity index (χ3n) is 4.19. The third-order valence-corrected chi connectivity index (χ3v) is 4.19. The lowest BCUT2D eigenvalue weighted by Crippen LogP contribution is -1.83. The molecule has 0 aliphatic rings. The van der Waals surface area contributed by atoms with E-state index >= 15 is 0 Å². The first kappa shape index (κ1) is 20.4. The van der Waals surface area contributed by atoms with Gasteiger partial charge in [0.05, 0.1) is 0 Å². The van der Waals surface area contributed by atoms with Crippen LogP contribution in [0.15, 0.2) is 12.2 Å². The highest BCUT2D eigenvalue weighted by molar-refractivity contribution is 5.64. The van der Waals surface area contributed by atoms with E-state index in [1.165, 1.54) is 96.3 Å². The highest BCUT2D eigenvalue weighted by Crippen LogP contribution is 2.13. The molecule has 1 heteroatoms. The summed E-state index contributed by atoms with van der Waals surface area (Å²) in [5.74, 6) is 0. The molecule has 0 aliphatic heterocycles. The van der Waals surface area contributed by atoms with Crippen LogP contribution in [-0.2, 0) is 4.79 Å². The van der Waals surface area contributed by atoms with Gasteiger partial charge in [-0.1, -0.05) is 103 Å².